The van der Waals surface area contributed by atoms with Crippen LogP contribution in [0.5, 0.6) is 0 Å². The molecule has 0 aliphatic rings. The van der Waals surface area contributed by atoms with Gasteiger partial charge in [-0.3, -0.25) is 9.35 Å². The van der Waals surface area contributed by atoms with Crippen LogP contribution < -0.4 is 5.32 Å². The smallest absolute Gasteiger partial charge is 0.267 e. The summed E-state index contributed by atoms with van der Waals surface area (Å²) in [5.74, 6) is -0.975. The van der Waals surface area contributed by atoms with E-state index in [0.29, 0.717) is 6.42 Å². The van der Waals surface area contributed by atoms with Crippen molar-refractivity contribution < 1.29 is 22.9 Å². The fraction of sp³-hybridized carbons (Fsp3) is 0.903. The van der Waals surface area contributed by atoms with Gasteiger partial charge >= 0.3 is 0 Å². The quantitative estimate of drug-likeness (QED) is 0.0508. The molecular formula is C31H61NO5S. The molecular weight excluding hydrogens is 498 g/mol. The predicted molar refractivity (Wildman–Crippen MR) is 161 cm³/mol. The Morgan fingerprint density at radius 3 is 1.50 bits per heavy atom. The average molecular weight is 560 g/mol. The number of amides is 1. The van der Waals surface area contributed by atoms with Gasteiger partial charge in [-0.25, -0.2) is 0 Å². The van der Waals surface area contributed by atoms with Gasteiger partial charge in [-0.1, -0.05) is 148 Å². The number of nitrogens with one attached hydrogen (secondary N) is 1. The van der Waals surface area contributed by atoms with E-state index in [1.165, 1.54) is 103 Å². The van der Waals surface area contributed by atoms with E-state index < -0.39 is 28.0 Å². The molecule has 0 spiro atoms. The van der Waals surface area contributed by atoms with Crippen molar-refractivity contribution in [2.45, 2.75) is 174 Å². The molecule has 1 amide bonds. The normalized spacial score (nSPS) is 13.7. The van der Waals surface area contributed by atoms with Gasteiger partial charge in [-0.15, -0.1) is 0 Å². The van der Waals surface area contributed by atoms with Crippen LogP contribution in [-0.2, 0) is 14.9 Å². The lowest BCUT2D eigenvalue weighted by Gasteiger charge is -2.21. The lowest BCUT2D eigenvalue weighted by molar-refractivity contribution is -0.122. The highest BCUT2D eigenvalue weighted by Gasteiger charge is 2.24. The van der Waals surface area contributed by atoms with Gasteiger partial charge in [0.1, 0.15) is 0 Å². The largest absolute Gasteiger partial charge is 0.387 e. The SMILES string of the molecule is CCCCCCCCCCCCC/C=C/C(O)C(CS(=O)(=O)O)NC(=O)CCCCCCCCCCCC. The van der Waals surface area contributed by atoms with Crippen LogP contribution in [0, 0.1) is 0 Å². The highest BCUT2D eigenvalue weighted by molar-refractivity contribution is 7.85. The maximum absolute atomic E-state index is 12.3. The Hall–Kier alpha value is -0.920. The summed E-state index contributed by atoms with van der Waals surface area (Å²) in [6, 6.07) is -1.05. The van der Waals surface area contributed by atoms with Gasteiger partial charge in [0.25, 0.3) is 10.1 Å². The molecule has 0 aliphatic heterocycles. The molecule has 38 heavy (non-hydrogen) atoms. The maximum Gasteiger partial charge on any atom is 0.267 e. The van der Waals surface area contributed by atoms with Crippen LogP contribution in [0.15, 0.2) is 12.2 Å². The van der Waals surface area contributed by atoms with Gasteiger partial charge in [-0.05, 0) is 19.3 Å². The number of unbranched alkanes of at least 4 members (excludes halogenated alkanes) is 20. The van der Waals surface area contributed by atoms with Crippen LogP contribution in [0.2, 0.25) is 0 Å². The molecule has 0 heterocycles. The third-order valence-corrected chi connectivity index (χ3v) is 7.99. The van der Waals surface area contributed by atoms with Crippen LogP contribution in [0.4, 0.5) is 0 Å². The molecule has 0 radical (unpaired) electrons. The van der Waals surface area contributed by atoms with Crippen molar-refractivity contribution in [3.8, 4) is 0 Å². The molecule has 2 unspecified atom stereocenters. The van der Waals surface area contributed by atoms with Crippen LogP contribution in [-0.4, -0.2) is 41.9 Å². The molecule has 0 aromatic carbocycles. The second-order valence-electron chi connectivity index (χ2n) is 11.1. The topological polar surface area (TPSA) is 104 Å². The summed E-state index contributed by atoms with van der Waals surface area (Å²) in [5, 5.41) is 13.1. The number of allylic oxidation sites excluding steroid dienone is 1. The maximum atomic E-state index is 12.3. The summed E-state index contributed by atoms with van der Waals surface area (Å²) in [5.41, 5.74) is 0. The summed E-state index contributed by atoms with van der Waals surface area (Å²) in [7, 11) is -4.32. The number of carbonyl (C=O) groups excluding carboxylic acids is 1. The van der Waals surface area contributed by atoms with E-state index in [1.54, 1.807) is 6.08 Å². The molecule has 0 fully saturated rings. The van der Waals surface area contributed by atoms with Crippen molar-refractivity contribution in [1.29, 1.82) is 0 Å². The summed E-state index contributed by atoms with van der Waals surface area (Å²) in [4.78, 5) is 12.3. The predicted octanol–water partition coefficient (Wildman–Crippen LogP) is 8.29. The Balaban J connectivity index is 4.07. The minimum Gasteiger partial charge on any atom is -0.387 e. The zero-order valence-electron chi connectivity index (χ0n) is 24.8. The number of rotatable bonds is 28. The summed E-state index contributed by atoms with van der Waals surface area (Å²) in [6.45, 7) is 4.46. The fourth-order valence-corrected chi connectivity index (χ4v) is 5.53. The molecule has 226 valence electrons. The van der Waals surface area contributed by atoms with Crippen LogP contribution >= 0.6 is 0 Å². The number of carbonyl (C=O) groups is 1. The third-order valence-electron chi connectivity index (χ3n) is 7.21. The molecule has 0 aromatic heterocycles. The van der Waals surface area contributed by atoms with Crippen molar-refractivity contribution in [3.63, 3.8) is 0 Å². The van der Waals surface area contributed by atoms with Crippen molar-refractivity contribution in [1.82, 2.24) is 5.32 Å². The average Bonchev–Trinajstić information content (AvgIpc) is 2.86. The van der Waals surface area contributed by atoms with E-state index in [1.807, 2.05) is 6.08 Å². The summed E-state index contributed by atoms with van der Waals surface area (Å²) in [6.07, 6.45) is 29.1. The number of hydrogen-bond donors (Lipinski definition) is 3. The first-order chi connectivity index (χ1) is 18.3. The van der Waals surface area contributed by atoms with Gasteiger partial charge in [0.05, 0.1) is 17.9 Å². The molecule has 0 aromatic rings. The second kappa shape index (κ2) is 26.3. The van der Waals surface area contributed by atoms with Gasteiger partial charge < -0.3 is 10.4 Å². The fourth-order valence-electron chi connectivity index (χ4n) is 4.80. The monoisotopic (exact) mass is 559 g/mol. The highest BCUT2D eigenvalue weighted by Crippen LogP contribution is 2.13. The Labute approximate surface area is 235 Å². The summed E-state index contributed by atoms with van der Waals surface area (Å²) >= 11 is 0. The first kappa shape index (κ1) is 37.1. The van der Waals surface area contributed by atoms with Crippen molar-refractivity contribution >= 4 is 16.0 Å². The van der Waals surface area contributed by atoms with E-state index in [-0.39, 0.29) is 5.91 Å². The number of hydrogen-bond acceptors (Lipinski definition) is 4. The molecule has 6 nitrogen and oxygen atoms in total. The summed E-state index contributed by atoms with van der Waals surface area (Å²) < 4.78 is 32.1. The van der Waals surface area contributed by atoms with E-state index in [9.17, 15) is 22.9 Å². The van der Waals surface area contributed by atoms with Crippen molar-refractivity contribution in [2.24, 2.45) is 0 Å². The lowest BCUT2D eigenvalue weighted by Crippen LogP contribution is -2.46. The molecule has 2 atom stereocenters. The molecule has 0 bridgehead atoms. The van der Waals surface area contributed by atoms with E-state index in [2.05, 4.69) is 19.2 Å². The molecule has 0 rings (SSSR count). The second-order valence-corrected chi connectivity index (χ2v) is 12.6. The van der Waals surface area contributed by atoms with Crippen LogP contribution in [0.3, 0.4) is 0 Å². The molecule has 0 aliphatic carbocycles. The number of aliphatic hydroxyl groups excluding tert-OH is 1. The Kier molecular flexibility index (Phi) is 25.7. The first-order valence-electron chi connectivity index (χ1n) is 15.9. The number of aliphatic hydroxyl groups is 1. The highest BCUT2D eigenvalue weighted by atomic mass is 32.2. The van der Waals surface area contributed by atoms with Gasteiger partial charge in [0, 0.05) is 6.42 Å². The molecule has 7 heteroatoms. The molecule has 3 N–H and O–H groups in total. The Morgan fingerprint density at radius 2 is 1.08 bits per heavy atom. The van der Waals surface area contributed by atoms with E-state index in [0.717, 1.165) is 38.5 Å². The third kappa shape index (κ3) is 26.7. The Bertz CT molecular complexity index is 665. The van der Waals surface area contributed by atoms with E-state index in [4.69, 9.17) is 0 Å². The van der Waals surface area contributed by atoms with Gasteiger partial charge in [-0.2, -0.15) is 8.42 Å². The van der Waals surface area contributed by atoms with E-state index >= 15 is 0 Å². The van der Waals surface area contributed by atoms with Crippen LogP contribution in [0.1, 0.15) is 162 Å². The van der Waals surface area contributed by atoms with Gasteiger partial charge in [0.2, 0.25) is 5.91 Å². The molecule has 0 saturated carbocycles. The van der Waals surface area contributed by atoms with Crippen molar-refractivity contribution in [2.75, 3.05) is 5.75 Å². The van der Waals surface area contributed by atoms with Gasteiger partial charge in [0.15, 0.2) is 0 Å². The standard InChI is InChI=1S/C31H61NO5S/c1-3-5-7-9-11-13-15-16-17-18-20-22-24-26-30(33)29(28-38(35,36)37)32-31(34)27-25-23-21-19-14-12-10-8-6-4-2/h24,26,29-30,33H,3-23,25,27-28H2,1-2H3,(H,32,34)(H,35,36,37)/b26-24+. The molecule has 0 saturated heterocycles. The first-order valence-corrected chi connectivity index (χ1v) is 17.5. The lowest BCUT2D eigenvalue weighted by atomic mass is 10.0. The van der Waals surface area contributed by atoms with Crippen LogP contribution in [0.25, 0.3) is 0 Å². The zero-order valence-corrected chi connectivity index (χ0v) is 25.6. The van der Waals surface area contributed by atoms with Crippen molar-refractivity contribution in [3.05, 3.63) is 12.2 Å². The Morgan fingerprint density at radius 1 is 0.684 bits per heavy atom. The minimum atomic E-state index is -4.32. The zero-order chi connectivity index (χ0) is 28.3. The minimum absolute atomic E-state index is 0.281.